The lowest BCUT2D eigenvalue weighted by molar-refractivity contribution is -0.109. The Morgan fingerprint density at radius 2 is 0.750 bits per heavy atom. The van der Waals surface area contributed by atoms with E-state index in [0.29, 0.717) is 12.8 Å². The highest BCUT2D eigenvalue weighted by molar-refractivity contribution is 5.79. The van der Waals surface area contributed by atoms with Gasteiger partial charge in [-0.1, -0.05) is 85.6 Å². The van der Waals surface area contributed by atoms with Gasteiger partial charge in [0.05, 0.1) is 36.6 Å². The van der Waals surface area contributed by atoms with Gasteiger partial charge in [-0.15, -0.1) is 0 Å². The molecule has 0 aromatic heterocycles. The average Bonchev–Trinajstić information content (AvgIpc) is 3.02. The van der Waals surface area contributed by atoms with E-state index in [0.717, 1.165) is 33.8 Å². The van der Waals surface area contributed by atoms with Crippen LogP contribution in [0, 0.1) is 41.5 Å². The van der Waals surface area contributed by atoms with Crippen molar-refractivity contribution in [2.45, 2.75) is 160 Å². The van der Waals surface area contributed by atoms with Gasteiger partial charge >= 0.3 is 0 Å². The van der Waals surface area contributed by atoms with E-state index >= 15 is 0 Å². The zero-order chi connectivity index (χ0) is 38.9. The van der Waals surface area contributed by atoms with Gasteiger partial charge in [-0.3, -0.25) is 0 Å². The van der Waals surface area contributed by atoms with Crippen molar-refractivity contribution in [2.24, 2.45) is 0 Å². The maximum absolute atomic E-state index is 6.82. The van der Waals surface area contributed by atoms with Crippen molar-refractivity contribution in [3.05, 3.63) is 105 Å². The molecule has 4 aromatic rings. The fraction of sp³-hybridized carbons (Fsp3) is 0.500. The summed E-state index contributed by atoms with van der Waals surface area (Å²) in [6.07, 6.45) is 0.862. The number of hydrogen-bond donors (Lipinski definition) is 0. The van der Waals surface area contributed by atoms with Gasteiger partial charge in [0.1, 0.15) is 11.5 Å². The lowest BCUT2D eigenvalue weighted by Gasteiger charge is -2.32. The van der Waals surface area contributed by atoms with E-state index in [9.17, 15) is 0 Å². The Morgan fingerprint density at radius 3 is 1.02 bits per heavy atom. The predicted octanol–water partition coefficient (Wildman–Crippen LogP) is 12.8. The summed E-state index contributed by atoms with van der Waals surface area (Å²) in [5, 5.41) is 0. The van der Waals surface area contributed by atoms with Crippen LogP contribution < -0.4 is 9.47 Å². The molecule has 0 aliphatic rings. The molecule has 4 aromatic carbocycles. The first-order valence-electron chi connectivity index (χ1n) is 19.6. The number of aryl methyl sites for hydroxylation is 6. The predicted molar refractivity (Wildman–Crippen MR) is 222 cm³/mol. The van der Waals surface area contributed by atoms with Crippen molar-refractivity contribution in [1.82, 2.24) is 0 Å². The van der Waals surface area contributed by atoms with Crippen LogP contribution in [-0.4, -0.2) is 36.6 Å². The Balaban J connectivity index is 0.00000358. The highest BCUT2D eigenvalue weighted by Crippen LogP contribution is 2.41. The standard InChI is InChI=1S/C46H62O4.C2H6/c1-27(2)47-41(25-37-17-15-19-39(45(37)49-29(5)6)43-33(11)21-31(9)22-34(43)12)42(48-28(3)4)26-38-18-16-20-40(46(38)50-30(7)8)44-35(13)23-32(10)24-36(44)14;1-2/h15-24,27-30,41-42H,25-26H2,1-14H3;1-2H3/t41-,42-;/m1./s1. The molecule has 0 spiro atoms. The first-order valence-corrected chi connectivity index (χ1v) is 19.6. The summed E-state index contributed by atoms with van der Waals surface area (Å²) in [4.78, 5) is 0. The molecule has 0 aliphatic heterocycles. The van der Waals surface area contributed by atoms with Gasteiger partial charge in [0.2, 0.25) is 0 Å². The van der Waals surface area contributed by atoms with Crippen LogP contribution in [0.3, 0.4) is 0 Å². The maximum atomic E-state index is 6.82. The quantitative estimate of drug-likeness (QED) is 0.123. The van der Waals surface area contributed by atoms with Gasteiger partial charge in [0.15, 0.2) is 0 Å². The second kappa shape index (κ2) is 19.5. The van der Waals surface area contributed by atoms with Gasteiger partial charge in [-0.05, 0) is 141 Å². The number of benzene rings is 4. The Hall–Kier alpha value is -3.60. The largest absolute Gasteiger partial charge is 0.490 e. The lowest BCUT2D eigenvalue weighted by atomic mass is 9.89. The molecule has 0 heterocycles. The molecule has 0 amide bonds. The van der Waals surface area contributed by atoms with Gasteiger partial charge in [-0.25, -0.2) is 0 Å². The Kier molecular flexibility index (Phi) is 16.0. The summed E-state index contributed by atoms with van der Waals surface area (Å²) in [6, 6.07) is 22.1. The molecule has 0 aliphatic carbocycles. The van der Waals surface area contributed by atoms with E-state index in [-0.39, 0.29) is 36.6 Å². The minimum Gasteiger partial charge on any atom is -0.490 e. The molecular formula is C48H68O4. The molecule has 0 fully saturated rings. The average molecular weight is 709 g/mol. The summed E-state index contributed by atoms with van der Waals surface area (Å²) in [5.74, 6) is 1.85. The third-order valence-corrected chi connectivity index (χ3v) is 8.94. The monoisotopic (exact) mass is 709 g/mol. The van der Waals surface area contributed by atoms with Crippen LogP contribution in [0.4, 0.5) is 0 Å². The van der Waals surface area contributed by atoms with Crippen LogP contribution in [0.25, 0.3) is 22.3 Å². The van der Waals surface area contributed by atoms with E-state index in [2.05, 4.69) is 158 Å². The summed E-state index contributed by atoms with van der Waals surface area (Å²) >= 11 is 0. The van der Waals surface area contributed by atoms with Crippen molar-refractivity contribution >= 4 is 0 Å². The third kappa shape index (κ3) is 11.2. The SMILES string of the molecule is CC.Cc1cc(C)c(-c2cccc(C[C@@H](OC(C)C)[C@@H](Cc3cccc(-c4c(C)cc(C)cc4C)c3OC(C)C)OC(C)C)c2OC(C)C)c(C)c1. The zero-order valence-electron chi connectivity index (χ0n) is 35.3. The molecule has 0 radical (unpaired) electrons. The smallest absolute Gasteiger partial charge is 0.130 e. The van der Waals surface area contributed by atoms with Crippen molar-refractivity contribution in [1.29, 1.82) is 0 Å². The molecule has 4 rings (SSSR count). The highest BCUT2D eigenvalue weighted by Gasteiger charge is 2.30. The number of para-hydroxylation sites is 2. The minimum atomic E-state index is -0.235. The van der Waals surface area contributed by atoms with E-state index in [1.807, 2.05) is 13.8 Å². The van der Waals surface area contributed by atoms with Crippen LogP contribution in [0.1, 0.15) is 114 Å². The van der Waals surface area contributed by atoms with Crippen LogP contribution in [0.5, 0.6) is 11.5 Å². The molecule has 0 saturated carbocycles. The van der Waals surface area contributed by atoms with Crippen molar-refractivity contribution in [2.75, 3.05) is 0 Å². The van der Waals surface area contributed by atoms with E-state index in [1.54, 1.807) is 0 Å². The Bertz CT molecular complexity index is 1570. The molecule has 0 saturated heterocycles. The summed E-state index contributed by atoms with van der Waals surface area (Å²) in [5.41, 5.74) is 14.5. The van der Waals surface area contributed by atoms with Crippen LogP contribution in [-0.2, 0) is 22.3 Å². The maximum Gasteiger partial charge on any atom is 0.130 e. The van der Waals surface area contributed by atoms with Gasteiger partial charge in [0.25, 0.3) is 0 Å². The first kappa shape index (κ1) is 42.8. The van der Waals surface area contributed by atoms with Gasteiger partial charge in [-0.2, -0.15) is 0 Å². The Morgan fingerprint density at radius 1 is 0.442 bits per heavy atom. The van der Waals surface area contributed by atoms with Crippen LogP contribution in [0.2, 0.25) is 0 Å². The lowest BCUT2D eigenvalue weighted by Crippen LogP contribution is -2.39. The second-order valence-electron chi connectivity index (χ2n) is 15.3. The molecule has 2 atom stereocenters. The van der Waals surface area contributed by atoms with E-state index in [4.69, 9.17) is 18.9 Å². The number of hydrogen-bond acceptors (Lipinski definition) is 4. The second-order valence-corrected chi connectivity index (χ2v) is 15.3. The molecule has 4 heteroatoms. The summed E-state index contributed by atoms with van der Waals surface area (Å²) < 4.78 is 27.0. The van der Waals surface area contributed by atoms with Crippen molar-refractivity contribution in [3.8, 4) is 33.8 Å². The summed E-state index contributed by atoms with van der Waals surface area (Å²) in [6.45, 7) is 33.9. The van der Waals surface area contributed by atoms with Gasteiger partial charge in [0, 0.05) is 24.0 Å². The molecular weight excluding hydrogens is 641 g/mol. The normalized spacial score (nSPS) is 12.7. The Labute approximate surface area is 317 Å². The molecule has 4 nitrogen and oxygen atoms in total. The molecule has 0 bridgehead atoms. The highest BCUT2D eigenvalue weighted by atomic mass is 16.6. The number of ether oxygens (including phenoxy) is 4. The third-order valence-electron chi connectivity index (χ3n) is 8.94. The fourth-order valence-electron chi connectivity index (χ4n) is 7.51. The first-order chi connectivity index (χ1) is 24.5. The van der Waals surface area contributed by atoms with E-state index < -0.39 is 0 Å². The topological polar surface area (TPSA) is 36.9 Å². The zero-order valence-corrected chi connectivity index (χ0v) is 35.3. The van der Waals surface area contributed by atoms with Crippen molar-refractivity contribution in [3.63, 3.8) is 0 Å². The van der Waals surface area contributed by atoms with Crippen LogP contribution >= 0.6 is 0 Å². The van der Waals surface area contributed by atoms with Gasteiger partial charge < -0.3 is 18.9 Å². The van der Waals surface area contributed by atoms with Crippen molar-refractivity contribution < 1.29 is 18.9 Å². The molecule has 52 heavy (non-hydrogen) atoms. The number of rotatable bonds is 15. The molecule has 284 valence electrons. The molecule has 0 unspecified atom stereocenters. The van der Waals surface area contributed by atoms with E-state index in [1.165, 1.54) is 44.5 Å². The van der Waals surface area contributed by atoms with Crippen LogP contribution in [0.15, 0.2) is 60.7 Å². The summed E-state index contributed by atoms with van der Waals surface area (Å²) in [7, 11) is 0. The fourth-order valence-corrected chi connectivity index (χ4v) is 7.51. The molecule has 0 N–H and O–H groups in total. The minimum absolute atomic E-state index is 0.00748.